The number of urea groups is 1. The fourth-order valence-corrected chi connectivity index (χ4v) is 1.66. The van der Waals surface area contributed by atoms with Crippen LogP contribution in [0.15, 0.2) is 48.8 Å². The van der Waals surface area contributed by atoms with Crippen molar-refractivity contribution in [3.8, 4) is 0 Å². The van der Waals surface area contributed by atoms with Crippen LogP contribution in [0.25, 0.3) is 0 Å². The number of carboxylic acid groups (broad SMARTS) is 1. The minimum atomic E-state index is -0.915. The third kappa shape index (κ3) is 4.09. The molecule has 3 N–H and O–H groups in total. The molecule has 0 bridgehead atoms. The fourth-order valence-electron chi connectivity index (χ4n) is 1.66. The van der Waals surface area contributed by atoms with Crippen molar-refractivity contribution in [3.05, 3.63) is 54.4 Å². The SMILES string of the molecule is O=C(O)Cc1cccc(NC(=O)Nc2cccnc2)c1. The van der Waals surface area contributed by atoms with E-state index in [0.717, 1.165) is 0 Å². The van der Waals surface area contributed by atoms with E-state index in [0.29, 0.717) is 16.9 Å². The van der Waals surface area contributed by atoms with Crippen LogP contribution in [-0.2, 0) is 11.2 Å². The Bertz CT molecular complexity index is 614. The van der Waals surface area contributed by atoms with Gasteiger partial charge in [-0.2, -0.15) is 0 Å². The summed E-state index contributed by atoms with van der Waals surface area (Å²) in [6.45, 7) is 0. The molecule has 0 saturated carbocycles. The lowest BCUT2D eigenvalue weighted by molar-refractivity contribution is -0.136. The highest BCUT2D eigenvalue weighted by molar-refractivity contribution is 5.99. The molecular weight excluding hydrogens is 258 g/mol. The van der Waals surface area contributed by atoms with Crippen LogP contribution in [-0.4, -0.2) is 22.1 Å². The van der Waals surface area contributed by atoms with Gasteiger partial charge in [0, 0.05) is 11.9 Å². The number of hydrogen-bond donors (Lipinski definition) is 3. The molecule has 0 aliphatic carbocycles. The number of carbonyl (C=O) groups is 2. The van der Waals surface area contributed by atoms with Gasteiger partial charge in [-0.3, -0.25) is 9.78 Å². The molecule has 2 aromatic rings. The van der Waals surface area contributed by atoms with Crippen LogP contribution in [0.4, 0.5) is 16.2 Å². The summed E-state index contributed by atoms with van der Waals surface area (Å²) in [7, 11) is 0. The summed E-state index contributed by atoms with van der Waals surface area (Å²) in [5.41, 5.74) is 1.73. The van der Waals surface area contributed by atoms with Gasteiger partial charge in [-0.15, -0.1) is 0 Å². The topological polar surface area (TPSA) is 91.3 Å². The molecule has 1 aromatic heterocycles. The number of aromatic nitrogens is 1. The van der Waals surface area contributed by atoms with Gasteiger partial charge >= 0.3 is 12.0 Å². The number of nitrogens with one attached hydrogen (secondary N) is 2. The third-order valence-electron chi connectivity index (χ3n) is 2.46. The summed E-state index contributed by atoms with van der Waals surface area (Å²) in [5.74, 6) is -0.915. The van der Waals surface area contributed by atoms with Crippen LogP contribution in [0.2, 0.25) is 0 Å². The molecule has 1 aromatic carbocycles. The Labute approximate surface area is 115 Å². The van der Waals surface area contributed by atoms with Crippen molar-refractivity contribution >= 4 is 23.4 Å². The summed E-state index contributed by atoms with van der Waals surface area (Å²) in [6, 6.07) is 9.71. The Balaban J connectivity index is 1.99. The summed E-state index contributed by atoms with van der Waals surface area (Å²) in [5, 5.41) is 14.0. The summed E-state index contributed by atoms with van der Waals surface area (Å²) in [4.78, 5) is 26.3. The number of benzene rings is 1. The summed E-state index contributed by atoms with van der Waals surface area (Å²) < 4.78 is 0. The van der Waals surface area contributed by atoms with Crippen molar-refractivity contribution in [2.45, 2.75) is 6.42 Å². The Kier molecular flexibility index (Phi) is 4.28. The molecule has 2 rings (SSSR count). The number of anilines is 2. The standard InChI is InChI=1S/C14H13N3O3/c18-13(19)8-10-3-1-4-11(7-10)16-14(20)17-12-5-2-6-15-9-12/h1-7,9H,8H2,(H,18,19)(H2,16,17,20). The summed E-state index contributed by atoms with van der Waals surface area (Å²) >= 11 is 0. The number of carboxylic acids is 1. The molecule has 6 heteroatoms. The quantitative estimate of drug-likeness (QED) is 0.796. The Morgan fingerprint density at radius 2 is 1.85 bits per heavy atom. The number of rotatable bonds is 4. The summed E-state index contributed by atoms with van der Waals surface area (Å²) in [6.07, 6.45) is 3.05. The zero-order chi connectivity index (χ0) is 14.4. The number of hydrogen-bond acceptors (Lipinski definition) is 3. The van der Waals surface area contributed by atoms with E-state index >= 15 is 0 Å². The highest BCUT2D eigenvalue weighted by Gasteiger charge is 2.05. The molecule has 0 atom stereocenters. The normalized spacial score (nSPS) is 9.80. The monoisotopic (exact) mass is 271 g/mol. The lowest BCUT2D eigenvalue weighted by Gasteiger charge is -2.08. The minimum absolute atomic E-state index is 0.0836. The van der Waals surface area contributed by atoms with Gasteiger partial charge in [-0.1, -0.05) is 12.1 Å². The first-order valence-electron chi connectivity index (χ1n) is 5.92. The molecule has 0 aliphatic rings. The van der Waals surface area contributed by atoms with Crippen molar-refractivity contribution in [3.63, 3.8) is 0 Å². The second-order valence-corrected chi connectivity index (χ2v) is 4.09. The predicted octanol–water partition coefficient (Wildman–Crippen LogP) is 2.35. The van der Waals surface area contributed by atoms with Gasteiger partial charge in [0.15, 0.2) is 0 Å². The van der Waals surface area contributed by atoms with Crippen LogP contribution >= 0.6 is 0 Å². The van der Waals surface area contributed by atoms with E-state index in [1.807, 2.05) is 0 Å². The fraction of sp³-hybridized carbons (Fsp3) is 0.0714. The maximum absolute atomic E-state index is 11.7. The molecule has 2 amide bonds. The number of pyridine rings is 1. The van der Waals surface area contributed by atoms with Gasteiger partial charge < -0.3 is 15.7 Å². The van der Waals surface area contributed by atoms with Gasteiger partial charge in [-0.25, -0.2) is 4.79 Å². The average molecular weight is 271 g/mol. The molecule has 6 nitrogen and oxygen atoms in total. The lowest BCUT2D eigenvalue weighted by atomic mass is 10.1. The van der Waals surface area contributed by atoms with Crippen molar-refractivity contribution in [1.29, 1.82) is 0 Å². The van der Waals surface area contributed by atoms with Gasteiger partial charge in [0.05, 0.1) is 18.3 Å². The van der Waals surface area contributed by atoms with Crippen LogP contribution in [0.5, 0.6) is 0 Å². The highest BCUT2D eigenvalue weighted by atomic mass is 16.4. The van der Waals surface area contributed by atoms with Crippen molar-refractivity contribution in [2.24, 2.45) is 0 Å². The van der Waals surface area contributed by atoms with E-state index in [1.165, 1.54) is 6.20 Å². The smallest absolute Gasteiger partial charge is 0.323 e. The van der Waals surface area contributed by atoms with Crippen LogP contribution in [0.3, 0.4) is 0 Å². The molecule has 102 valence electrons. The third-order valence-corrected chi connectivity index (χ3v) is 2.46. The van der Waals surface area contributed by atoms with Crippen molar-refractivity contribution in [1.82, 2.24) is 4.98 Å². The zero-order valence-electron chi connectivity index (χ0n) is 10.5. The van der Waals surface area contributed by atoms with Gasteiger partial charge in [0.25, 0.3) is 0 Å². The van der Waals surface area contributed by atoms with E-state index in [2.05, 4.69) is 15.6 Å². The molecular formula is C14H13N3O3. The van der Waals surface area contributed by atoms with E-state index < -0.39 is 12.0 Å². The second-order valence-electron chi connectivity index (χ2n) is 4.09. The molecule has 0 spiro atoms. The van der Waals surface area contributed by atoms with Gasteiger partial charge in [0.2, 0.25) is 0 Å². The molecule has 0 unspecified atom stereocenters. The minimum Gasteiger partial charge on any atom is -0.481 e. The highest BCUT2D eigenvalue weighted by Crippen LogP contribution is 2.12. The second kappa shape index (κ2) is 6.33. The Morgan fingerprint density at radius 1 is 1.10 bits per heavy atom. The molecule has 0 aliphatic heterocycles. The number of amides is 2. The maximum atomic E-state index is 11.7. The van der Waals surface area contributed by atoms with Crippen LogP contribution in [0.1, 0.15) is 5.56 Å². The molecule has 20 heavy (non-hydrogen) atoms. The first-order chi connectivity index (χ1) is 9.63. The van der Waals surface area contributed by atoms with Crippen molar-refractivity contribution < 1.29 is 14.7 Å². The lowest BCUT2D eigenvalue weighted by Crippen LogP contribution is -2.19. The Morgan fingerprint density at radius 3 is 2.55 bits per heavy atom. The largest absolute Gasteiger partial charge is 0.481 e. The van der Waals surface area contributed by atoms with E-state index in [-0.39, 0.29) is 6.42 Å². The molecule has 1 heterocycles. The number of carbonyl (C=O) groups excluding carboxylic acids is 1. The van der Waals surface area contributed by atoms with Gasteiger partial charge in [-0.05, 0) is 29.8 Å². The molecule has 0 fully saturated rings. The maximum Gasteiger partial charge on any atom is 0.323 e. The molecule has 0 saturated heterocycles. The van der Waals surface area contributed by atoms with E-state index in [9.17, 15) is 9.59 Å². The van der Waals surface area contributed by atoms with E-state index in [1.54, 1.807) is 42.6 Å². The van der Waals surface area contributed by atoms with Crippen LogP contribution < -0.4 is 10.6 Å². The van der Waals surface area contributed by atoms with E-state index in [4.69, 9.17) is 5.11 Å². The Hall–Kier alpha value is -2.89. The number of nitrogens with zero attached hydrogens (tertiary/aromatic N) is 1. The average Bonchev–Trinajstić information content (AvgIpc) is 2.39. The first kappa shape index (κ1) is 13.5. The van der Waals surface area contributed by atoms with Crippen LogP contribution in [0, 0.1) is 0 Å². The molecule has 0 radical (unpaired) electrons. The zero-order valence-corrected chi connectivity index (χ0v) is 10.5. The van der Waals surface area contributed by atoms with Gasteiger partial charge in [0.1, 0.15) is 0 Å². The van der Waals surface area contributed by atoms with Crippen molar-refractivity contribution in [2.75, 3.05) is 10.6 Å². The number of aliphatic carboxylic acids is 1. The first-order valence-corrected chi connectivity index (χ1v) is 5.92. The predicted molar refractivity (Wildman–Crippen MR) is 74.7 cm³/mol.